The van der Waals surface area contributed by atoms with Gasteiger partial charge in [-0.3, -0.25) is 0 Å². The van der Waals surface area contributed by atoms with Crippen LogP contribution in [-0.4, -0.2) is 16.2 Å². The van der Waals surface area contributed by atoms with Crippen LogP contribution < -0.4 is 5.43 Å². The van der Waals surface area contributed by atoms with Gasteiger partial charge in [0.1, 0.15) is 0 Å². The van der Waals surface area contributed by atoms with Gasteiger partial charge in [-0.2, -0.15) is 5.10 Å². The van der Waals surface area contributed by atoms with Crippen LogP contribution in [0.1, 0.15) is 5.56 Å². The second kappa shape index (κ2) is 8.59. The summed E-state index contributed by atoms with van der Waals surface area (Å²) < 4.78 is 1.03. The van der Waals surface area contributed by atoms with Crippen molar-refractivity contribution in [3.8, 4) is 22.5 Å². The quantitative estimate of drug-likeness (QED) is 0.312. The van der Waals surface area contributed by atoms with Crippen LogP contribution in [0.3, 0.4) is 0 Å². The van der Waals surface area contributed by atoms with Crippen LogP contribution in [0.4, 0.5) is 5.95 Å². The Morgan fingerprint density at radius 3 is 1.93 bits per heavy atom. The number of hydrogen-bond acceptors (Lipinski definition) is 4. The van der Waals surface area contributed by atoms with Gasteiger partial charge in [0.05, 0.1) is 17.6 Å². The van der Waals surface area contributed by atoms with E-state index in [1.54, 1.807) is 6.21 Å². The fraction of sp³-hybridized carbons (Fsp3) is 0. The van der Waals surface area contributed by atoms with E-state index in [1.807, 2.05) is 91.0 Å². The molecule has 1 N–H and O–H groups in total. The van der Waals surface area contributed by atoms with Crippen LogP contribution in [-0.2, 0) is 0 Å². The number of nitrogens with zero attached hydrogens (tertiary/aromatic N) is 3. The molecule has 0 saturated heterocycles. The molecule has 0 radical (unpaired) electrons. The van der Waals surface area contributed by atoms with E-state index in [0.717, 1.165) is 32.6 Å². The van der Waals surface area contributed by atoms with Gasteiger partial charge in [-0.1, -0.05) is 88.7 Å². The monoisotopic (exact) mass is 428 g/mol. The van der Waals surface area contributed by atoms with E-state index in [0.29, 0.717) is 5.95 Å². The maximum absolute atomic E-state index is 4.64. The number of rotatable bonds is 5. The molecule has 1 heterocycles. The molecule has 136 valence electrons. The molecule has 5 heteroatoms. The molecule has 0 unspecified atom stereocenters. The predicted molar refractivity (Wildman–Crippen MR) is 118 cm³/mol. The summed E-state index contributed by atoms with van der Waals surface area (Å²) in [5, 5.41) is 4.29. The fourth-order valence-electron chi connectivity index (χ4n) is 2.73. The van der Waals surface area contributed by atoms with E-state index in [1.165, 1.54) is 0 Å². The normalized spacial score (nSPS) is 10.9. The van der Waals surface area contributed by atoms with Gasteiger partial charge >= 0.3 is 0 Å². The Morgan fingerprint density at radius 1 is 0.714 bits per heavy atom. The molecule has 4 aromatic rings. The first kappa shape index (κ1) is 18.1. The molecule has 3 aromatic carbocycles. The summed E-state index contributed by atoms with van der Waals surface area (Å²) in [4.78, 5) is 9.27. The zero-order valence-corrected chi connectivity index (χ0v) is 16.5. The van der Waals surface area contributed by atoms with Gasteiger partial charge in [0.25, 0.3) is 0 Å². The van der Waals surface area contributed by atoms with E-state index in [-0.39, 0.29) is 0 Å². The van der Waals surface area contributed by atoms with Crippen LogP contribution >= 0.6 is 15.9 Å². The lowest BCUT2D eigenvalue weighted by molar-refractivity contribution is 1.13. The van der Waals surface area contributed by atoms with Crippen molar-refractivity contribution in [2.24, 2.45) is 5.10 Å². The lowest BCUT2D eigenvalue weighted by atomic mass is 10.1. The van der Waals surface area contributed by atoms with Gasteiger partial charge in [0.15, 0.2) is 0 Å². The largest absolute Gasteiger partial charge is 0.245 e. The SMILES string of the molecule is Brc1ccc(-c2cc(-c3ccccc3)nc(N/N=C\c3ccccc3)n2)cc1. The van der Waals surface area contributed by atoms with Crippen molar-refractivity contribution in [2.75, 3.05) is 5.43 Å². The third-order valence-electron chi connectivity index (χ3n) is 4.11. The number of halogens is 1. The van der Waals surface area contributed by atoms with Crippen molar-refractivity contribution >= 4 is 28.1 Å². The molecule has 1 aromatic heterocycles. The molecule has 0 fully saturated rings. The number of hydrazone groups is 1. The van der Waals surface area contributed by atoms with Crippen LogP contribution in [0.2, 0.25) is 0 Å². The van der Waals surface area contributed by atoms with Crippen LogP contribution in [0.15, 0.2) is 101 Å². The maximum Gasteiger partial charge on any atom is 0.244 e. The van der Waals surface area contributed by atoms with Gasteiger partial charge < -0.3 is 0 Å². The Labute approximate surface area is 172 Å². The third kappa shape index (κ3) is 4.50. The van der Waals surface area contributed by atoms with E-state index in [4.69, 9.17) is 0 Å². The second-order valence-corrected chi connectivity index (χ2v) is 7.03. The molecule has 0 aliphatic heterocycles. The molecular weight excluding hydrogens is 412 g/mol. The van der Waals surface area contributed by atoms with Crippen LogP contribution in [0.5, 0.6) is 0 Å². The van der Waals surface area contributed by atoms with E-state index < -0.39 is 0 Å². The summed E-state index contributed by atoms with van der Waals surface area (Å²) in [6.45, 7) is 0. The van der Waals surface area contributed by atoms with Gasteiger partial charge in [-0.05, 0) is 23.8 Å². The summed E-state index contributed by atoms with van der Waals surface area (Å²) in [5.74, 6) is 0.450. The molecule has 0 amide bonds. The Hall–Kier alpha value is -3.31. The zero-order valence-electron chi connectivity index (χ0n) is 15.0. The summed E-state index contributed by atoms with van der Waals surface area (Å²) >= 11 is 3.48. The molecule has 4 rings (SSSR count). The van der Waals surface area contributed by atoms with Crippen molar-refractivity contribution in [3.05, 3.63) is 101 Å². The van der Waals surface area contributed by atoms with E-state index >= 15 is 0 Å². The van der Waals surface area contributed by atoms with Crippen molar-refractivity contribution in [1.29, 1.82) is 0 Å². The number of aromatic nitrogens is 2. The topological polar surface area (TPSA) is 50.2 Å². The average molecular weight is 429 g/mol. The molecular formula is C23H17BrN4. The second-order valence-electron chi connectivity index (χ2n) is 6.12. The molecule has 0 bridgehead atoms. The Balaban J connectivity index is 1.69. The molecule has 0 aliphatic rings. The van der Waals surface area contributed by atoms with Crippen molar-refractivity contribution < 1.29 is 0 Å². The van der Waals surface area contributed by atoms with Crippen molar-refractivity contribution in [3.63, 3.8) is 0 Å². The first-order valence-electron chi connectivity index (χ1n) is 8.82. The van der Waals surface area contributed by atoms with Crippen LogP contribution in [0.25, 0.3) is 22.5 Å². The van der Waals surface area contributed by atoms with Crippen molar-refractivity contribution in [2.45, 2.75) is 0 Å². The Morgan fingerprint density at radius 2 is 1.29 bits per heavy atom. The molecule has 0 aliphatic carbocycles. The molecule has 0 atom stereocenters. The summed E-state index contributed by atoms with van der Waals surface area (Å²) in [7, 11) is 0. The highest BCUT2D eigenvalue weighted by atomic mass is 79.9. The van der Waals surface area contributed by atoms with E-state index in [2.05, 4.69) is 36.4 Å². The number of nitrogens with one attached hydrogen (secondary N) is 1. The first-order chi connectivity index (χ1) is 13.8. The molecule has 4 nitrogen and oxygen atoms in total. The zero-order chi connectivity index (χ0) is 19.2. The average Bonchev–Trinajstić information content (AvgIpc) is 2.75. The lowest BCUT2D eigenvalue weighted by Crippen LogP contribution is -2.00. The highest BCUT2D eigenvalue weighted by Crippen LogP contribution is 2.26. The van der Waals surface area contributed by atoms with Gasteiger partial charge in [-0.15, -0.1) is 0 Å². The minimum atomic E-state index is 0.450. The predicted octanol–water partition coefficient (Wildman–Crippen LogP) is 6.02. The maximum atomic E-state index is 4.64. The van der Waals surface area contributed by atoms with Crippen molar-refractivity contribution in [1.82, 2.24) is 9.97 Å². The Bertz CT molecular complexity index is 1080. The molecule has 28 heavy (non-hydrogen) atoms. The minimum absolute atomic E-state index is 0.450. The summed E-state index contributed by atoms with van der Waals surface area (Å²) in [6, 6.07) is 30.0. The van der Waals surface area contributed by atoms with E-state index in [9.17, 15) is 0 Å². The van der Waals surface area contributed by atoms with Gasteiger partial charge in [0, 0.05) is 15.6 Å². The summed E-state index contributed by atoms with van der Waals surface area (Å²) in [5.41, 5.74) is 7.67. The number of benzene rings is 3. The molecule has 0 spiro atoms. The highest BCUT2D eigenvalue weighted by Gasteiger charge is 2.08. The molecule has 0 saturated carbocycles. The number of hydrogen-bond donors (Lipinski definition) is 1. The number of anilines is 1. The van der Waals surface area contributed by atoms with Gasteiger partial charge in [0.2, 0.25) is 5.95 Å². The first-order valence-corrected chi connectivity index (χ1v) is 9.62. The third-order valence-corrected chi connectivity index (χ3v) is 4.64. The van der Waals surface area contributed by atoms with Gasteiger partial charge in [-0.25, -0.2) is 15.4 Å². The lowest BCUT2D eigenvalue weighted by Gasteiger charge is -2.08. The van der Waals surface area contributed by atoms with Crippen LogP contribution in [0, 0.1) is 0 Å². The standard InChI is InChI=1S/C23H17BrN4/c24-20-13-11-19(12-14-20)22-15-21(18-9-5-2-6-10-18)26-23(27-22)28-25-16-17-7-3-1-4-8-17/h1-16H,(H,26,27,28)/b25-16-. The summed E-state index contributed by atoms with van der Waals surface area (Å²) in [6.07, 6.45) is 1.75. The highest BCUT2D eigenvalue weighted by molar-refractivity contribution is 9.10. The Kier molecular flexibility index (Phi) is 5.54. The smallest absolute Gasteiger partial charge is 0.244 e. The minimum Gasteiger partial charge on any atom is -0.245 e. The fourth-order valence-corrected chi connectivity index (χ4v) is 2.99.